The Bertz CT molecular complexity index is 482. The minimum Gasteiger partial charge on any atom is -0.368 e. The molecule has 0 amide bonds. The molecule has 2 aromatic rings. The van der Waals surface area contributed by atoms with E-state index in [0.717, 1.165) is 12.2 Å². The molecule has 2 heterocycles. The van der Waals surface area contributed by atoms with Gasteiger partial charge in [-0.2, -0.15) is 5.26 Å². The quantitative estimate of drug-likeness (QED) is 0.812. The summed E-state index contributed by atoms with van der Waals surface area (Å²) >= 11 is 1.74. The second-order valence-corrected chi connectivity index (χ2v) is 4.48. The van der Waals surface area contributed by atoms with Gasteiger partial charge in [-0.3, -0.25) is 0 Å². The molecule has 0 N–H and O–H groups in total. The van der Waals surface area contributed by atoms with Gasteiger partial charge in [0.15, 0.2) is 0 Å². The van der Waals surface area contributed by atoms with Crippen molar-refractivity contribution in [2.45, 2.75) is 6.54 Å². The van der Waals surface area contributed by atoms with E-state index in [-0.39, 0.29) is 0 Å². The molecule has 0 fully saturated rings. The van der Waals surface area contributed by atoms with Crippen LogP contribution in [0.25, 0.3) is 0 Å². The number of nitriles is 1. The van der Waals surface area contributed by atoms with Crippen molar-refractivity contribution in [1.29, 1.82) is 5.26 Å². The number of anilines is 1. The molecule has 16 heavy (non-hydrogen) atoms. The van der Waals surface area contributed by atoms with E-state index in [9.17, 15) is 0 Å². The van der Waals surface area contributed by atoms with Crippen LogP contribution in [0.2, 0.25) is 0 Å². The van der Waals surface area contributed by atoms with Crippen molar-refractivity contribution >= 4 is 17.0 Å². The first-order valence-electron chi connectivity index (χ1n) is 4.89. The highest BCUT2D eigenvalue weighted by molar-refractivity contribution is 7.09. The molecule has 0 aromatic carbocycles. The first-order valence-corrected chi connectivity index (χ1v) is 5.77. The minimum absolute atomic E-state index is 0.452. The van der Waals surface area contributed by atoms with Gasteiger partial charge in [-0.25, -0.2) is 4.98 Å². The number of thiophene rings is 1. The molecule has 0 aliphatic rings. The van der Waals surface area contributed by atoms with E-state index in [0.29, 0.717) is 5.69 Å². The minimum atomic E-state index is 0.452. The Hall–Kier alpha value is -1.86. The molecule has 0 spiro atoms. The first-order chi connectivity index (χ1) is 7.79. The Kier molecular flexibility index (Phi) is 3.18. The van der Waals surface area contributed by atoms with Crippen molar-refractivity contribution in [3.63, 3.8) is 0 Å². The van der Waals surface area contributed by atoms with Gasteiger partial charge >= 0.3 is 0 Å². The molecule has 0 unspecified atom stereocenters. The molecule has 4 heteroatoms. The van der Waals surface area contributed by atoms with Crippen LogP contribution in [-0.2, 0) is 6.54 Å². The largest absolute Gasteiger partial charge is 0.368 e. The third-order valence-corrected chi connectivity index (χ3v) is 3.14. The standard InChI is InChI=1S/C12H11N3S/c1-15(9-12-3-2-6-16-12)11-5-4-10(7-13)14-8-11/h2-6,8H,9H2,1H3. The van der Waals surface area contributed by atoms with Crippen LogP contribution in [0.3, 0.4) is 0 Å². The van der Waals surface area contributed by atoms with Crippen LogP contribution in [0.5, 0.6) is 0 Å². The third kappa shape index (κ3) is 2.38. The zero-order chi connectivity index (χ0) is 11.4. The highest BCUT2D eigenvalue weighted by atomic mass is 32.1. The topological polar surface area (TPSA) is 39.9 Å². The van der Waals surface area contributed by atoms with Crippen molar-refractivity contribution < 1.29 is 0 Å². The van der Waals surface area contributed by atoms with Gasteiger partial charge in [0.2, 0.25) is 0 Å². The molecule has 80 valence electrons. The number of hydrogen-bond acceptors (Lipinski definition) is 4. The average molecular weight is 229 g/mol. The molecule has 0 aliphatic carbocycles. The maximum absolute atomic E-state index is 8.65. The number of nitrogens with zero attached hydrogens (tertiary/aromatic N) is 3. The lowest BCUT2D eigenvalue weighted by atomic mass is 10.3. The lowest BCUT2D eigenvalue weighted by Crippen LogP contribution is -2.15. The van der Waals surface area contributed by atoms with Crippen molar-refractivity contribution in [3.8, 4) is 6.07 Å². The average Bonchev–Trinajstić information content (AvgIpc) is 2.82. The Morgan fingerprint density at radius 3 is 2.88 bits per heavy atom. The number of rotatable bonds is 3. The predicted octanol–water partition coefficient (Wildman–Crippen LogP) is 2.65. The van der Waals surface area contributed by atoms with E-state index < -0.39 is 0 Å². The third-order valence-electron chi connectivity index (χ3n) is 2.28. The highest BCUT2D eigenvalue weighted by Crippen LogP contribution is 2.17. The molecular weight excluding hydrogens is 218 g/mol. The van der Waals surface area contributed by atoms with Crippen LogP contribution in [0.15, 0.2) is 35.8 Å². The number of pyridine rings is 1. The van der Waals surface area contributed by atoms with Crippen LogP contribution in [-0.4, -0.2) is 12.0 Å². The molecule has 0 atom stereocenters. The fraction of sp³-hybridized carbons (Fsp3) is 0.167. The van der Waals surface area contributed by atoms with Crippen LogP contribution < -0.4 is 4.90 Å². The Morgan fingerprint density at radius 1 is 1.44 bits per heavy atom. The normalized spacial score (nSPS) is 9.75. The second kappa shape index (κ2) is 4.77. The molecule has 2 rings (SSSR count). The highest BCUT2D eigenvalue weighted by Gasteiger charge is 2.03. The first kappa shape index (κ1) is 10.7. The molecule has 0 saturated carbocycles. The van der Waals surface area contributed by atoms with Crippen molar-refractivity contribution in [1.82, 2.24) is 4.98 Å². The summed E-state index contributed by atoms with van der Waals surface area (Å²) in [5.41, 5.74) is 1.47. The van der Waals surface area contributed by atoms with Crippen LogP contribution in [0, 0.1) is 11.3 Å². The summed E-state index contributed by atoms with van der Waals surface area (Å²) in [5, 5.41) is 10.7. The van der Waals surface area contributed by atoms with Crippen molar-refractivity contribution in [3.05, 3.63) is 46.4 Å². The molecular formula is C12H11N3S. The summed E-state index contributed by atoms with van der Waals surface area (Å²) in [5.74, 6) is 0. The fourth-order valence-corrected chi connectivity index (χ4v) is 2.16. The van der Waals surface area contributed by atoms with Gasteiger partial charge in [-0.05, 0) is 23.6 Å². The zero-order valence-corrected chi connectivity index (χ0v) is 9.74. The molecule has 2 aromatic heterocycles. The Morgan fingerprint density at radius 2 is 2.31 bits per heavy atom. The van der Waals surface area contributed by atoms with E-state index in [1.165, 1.54) is 4.88 Å². The van der Waals surface area contributed by atoms with Gasteiger partial charge in [0.25, 0.3) is 0 Å². The lowest BCUT2D eigenvalue weighted by molar-refractivity contribution is 0.933. The zero-order valence-electron chi connectivity index (χ0n) is 8.92. The molecule has 3 nitrogen and oxygen atoms in total. The van der Waals surface area contributed by atoms with Gasteiger partial charge in [-0.1, -0.05) is 6.07 Å². The van der Waals surface area contributed by atoms with Gasteiger partial charge in [0, 0.05) is 11.9 Å². The van der Waals surface area contributed by atoms with Crippen molar-refractivity contribution in [2.75, 3.05) is 11.9 Å². The number of aromatic nitrogens is 1. The van der Waals surface area contributed by atoms with E-state index in [1.807, 2.05) is 25.2 Å². The van der Waals surface area contributed by atoms with Crippen LogP contribution in [0.4, 0.5) is 5.69 Å². The lowest BCUT2D eigenvalue weighted by Gasteiger charge is -2.17. The van der Waals surface area contributed by atoms with Gasteiger partial charge in [0.05, 0.1) is 18.4 Å². The second-order valence-electron chi connectivity index (χ2n) is 3.45. The van der Waals surface area contributed by atoms with Gasteiger partial charge < -0.3 is 4.90 Å². The smallest absolute Gasteiger partial charge is 0.140 e. The van der Waals surface area contributed by atoms with Crippen molar-refractivity contribution in [2.24, 2.45) is 0 Å². The van der Waals surface area contributed by atoms with Crippen LogP contribution >= 0.6 is 11.3 Å². The maximum atomic E-state index is 8.65. The van der Waals surface area contributed by atoms with E-state index >= 15 is 0 Å². The Labute approximate surface area is 98.6 Å². The van der Waals surface area contributed by atoms with Gasteiger partial charge in [-0.15, -0.1) is 11.3 Å². The summed E-state index contributed by atoms with van der Waals surface area (Å²) < 4.78 is 0. The van der Waals surface area contributed by atoms with E-state index in [2.05, 4.69) is 21.3 Å². The summed E-state index contributed by atoms with van der Waals surface area (Å²) in [6, 6.07) is 9.82. The van der Waals surface area contributed by atoms with E-state index in [4.69, 9.17) is 5.26 Å². The van der Waals surface area contributed by atoms with E-state index in [1.54, 1.807) is 23.6 Å². The molecule has 0 radical (unpaired) electrons. The fourth-order valence-electron chi connectivity index (χ4n) is 1.41. The molecule has 0 aliphatic heterocycles. The molecule has 0 saturated heterocycles. The summed E-state index contributed by atoms with van der Waals surface area (Å²) in [7, 11) is 2.02. The Balaban J connectivity index is 2.09. The number of hydrogen-bond donors (Lipinski definition) is 0. The SMILES string of the molecule is CN(Cc1cccs1)c1ccc(C#N)nc1. The molecule has 0 bridgehead atoms. The van der Waals surface area contributed by atoms with Crippen LogP contribution in [0.1, 0.15) is 10.6 Å². The predicted molar refractivity (Wildman–Crippen MR) is 65.4 cm³/mol. The summed E-state index contributed by atoms with van der Waals surface area (Å²) in [6.07, 6.45) is 1.73. The monoisotopic (exact) mass is 229 g/mol. The summed E-state index contributed by atoms with van der Waals surface area (Å²) in [4.78, 5) is 7.47. The summed E-state index contributed by atoms with van der Waals surface area (Å²) in [6.45, 7) is 0.866. The maximum Gasteiger partial charge on any atom is 0.140 e. The van der Waals surface area contributed by atoms with Gasteiger partial charge in [0.1, 0.15) is 11.8 Å².